The van der Waals surface area contributed by atoms with Gasteiger partial charge in [0.05, 0.1) is 31.1 Å². The van der Waals surface area contributed by atoms with Crippen molar-refractivity contribution in [2.75, 3.05) is 25.5 Å². The van der Waals surface area contributed by atoms with Gasteiger partial charge < -0.3 is 30.7 Å². The molecule has 5 aromatic rings. The molecule has 10 heteroatoms. The van der Waals surface area contributed by atoms with Crippen LogP contribution in [0.3, 0.4) is 0 Å². The Kier molecular flexibility index (Phi) is 11.6. The molecule has 2 saturated carbocycles. The summed E-state index contributed by atoms with van der Waals surface area (Å²) in [7, 11) is 1.49. The van der Waals surface area contributed by atoms with Crippen molar-refractivity contribution in [3.63, 3.8) is 0 Å². The van der Waals surface area contributed by atoms with E-state index < -0.39 is 12.0 Å². The van der Waals surface area contributed by atoms with Crippen molar-refractivity contribution in [2.45, 2.75) is 117 Å². The third-order valence-corrected chi connectivity index (χ3v) is 14.0. The lowest BCUT2D eigenvalue weighted by molar-refractivity contribution is -0.126. The number of rotatable bonds is 14. The van der Waals surface area contributed by atoms with E-state index in [4.69, 9.17) is 4.74 Å². The number of ketones is 1. The van der Waals surface area contributed by atoms with Gasteiger partial charge in [-0.2, -0.15) is 0 Å². The summed E-state index contributed by atoms with van der Waals surface area (Å²) in [5.74, 6) is 1.22. The molecule has 0 radical (unpaired) electrons. The maximum Gasteiger partial charge on any atom is 0.223 e. The number of methoxy groups -OCH3 is 1. The fraction of sp³-hybridized carbons (Fsp3) is 0.510. The zero-order chi connectivity index (χ0) is 41.7. The Bertz CT molecular complexity index is 2600. The second-order valence-corrected chi connectivity index (χ2v) is 17.6. The van der Waals surface area contributed by atoms with E-state index in [2.05, 4.69) is 16.7 Å². The highest BCUT2D eigenvalue weighted by atomic mass is 16.5. The second-order valence-electron chi connectivity index (χ2n) is 17.6. The van der Waals surface area contributed by atoms with Crippen molar-refractivity contribution >= 4 is 66.5 Å². The molecule has 0 aromatic heterocycles. The summed E-state index contributed by atoms with van der Waals surface area (Å²) in [5, 5.41) is 44.9. The Hall–Kier alpha value is -4.80. The van der Waals surface area contributed by atoms with Gasteiger partial charge in [0.2, 0.25) is 5.91 Å². The van der Waals surface area contributed by atoms with E-state index in [9.17, 15) is 29.7 Å². The first-order chi connectivity index (χ1) is 28.5. The Balaban J connectivity index is 1.35. The molecule has 0 aliphatic heterocycles. The van der Waals surface area contributed by atoms with E-state index >= 15 is 4.79 Å². The van der Waals surface area contributed by atoms with Crippen LogP contribution in [0.25, 0.3) is 49.2 Å². The fourth-order valence-corrected chi connectivity index (χ4v) is 11.1. The van der Waals surface area contributed by atoms with E-state index in [0.717, 1.165) is 86.1 Å². The largest absolute Gasteiger partial charge is 0.504 e. The van der Waals surface area contributed by atoms with E-state index in [0.29, 0.717) is 105 Å². The quantitative estimate of drug-likeness (QED) is 0.0553. The molecule has 3 aliphatic rings. The SMILES string of the molecule is CCCC(=O)C1CCC(CNc2cc(CO)c3c4c(CO)cc(=O)c5c(O)c(OC)c6c(c7c(c(CCC8CCC(C(=O)NCC)CC8)c(=O)c2c37)C=C(C)C6)c54)CC1. The molecule has 0 atom stereocenters. The van der Waals surface area contributed by atoms with Crippen LogP contribution in [0.15, 0.2) is 27.3 Å². The molecule has 0 bridgehead atoms. The average molecular weight is 803 g/mol. The number of Topliss-reactive ketones (excluding diaryl/α,β-unsaturated/α-hetero) is 1. The van der Waals surface area contributed by atoms with Crippen molar-refractivity contribution in [1.82, 2.24) is 5.32 Å². The van der Waals surface area contributed by atoms with E-state index in [-0.39, 0.29) is 46.7 Å². The molecule has 312 valence electrons. The molecule has 0 heterocycles. The average Bonchev–Trinajstić information content (AvgIpc) is 3.39. The van der Waals surface area contributed by atoms with Gasteiger partial charge in [-0.05, 0) is 153 Å². The summed E-state index contributed by atoms with van der Waals surface area (Å²) in [5.41, 5.74) is 4.16. The zero-order valence-electron chi connectivity index (χ0n) is 34.9. The number of hydrogen-bond donors (Lipinski definition) is 5. The molecule has 59 heavy (non-hydrogen) atoms. The summed E-state index contributed by atoms with van der Waals surface area (Å²) in [6.07, 6.45) is 12.3. The molecule has 5 N–H and O–H groups in total. The lowest BCUT2D eigenvalue weighted by Crippen LogP contribution is -2.33. The standard InChI is InChI=1S/C49H58N2O8/c1-5-7-36(54)28-13-10-27(11-14-28)22-51-35-20-30(23-52)38-39-31(24-53)21-37(55)43-45(39)41-34(48(59-4)47(43)57)19-25(3)18-33-32(46(56)42(35)44(38)40(33)41)17-12-26-8-15-29(16-9-26)49(58)50-6-2/h18,20-21,26-29,51-53,57H,5-17,19,22-24H2,1-4H3,(H,50,58). The molecule has 2 fully saturated rings. The van der Waals surface area contributed by atoms with Crippen molar-refractivity contribution in [2.24, 2.45) is 23.7 Å². The Labute approximate surface area is 344 Å². The van der Waals surface area contributed by atoms with Gasteiger partial charge in [-0.15, -0.1) is 0 Å². The van der Waals surface area contributed by atoms with Crippen molar-refractivity contribution in [1.29, 1.82) is 0 Å². The number of fused-ring (bicyclic) bond motifs is 1. The van der Waals surface area contributed by atoms with Gasteiger partial charge >= 0.3 is 0 Å². The number of phenols is 1. The van der Waals surface area contributed by atoms with Crippen LogP contribution >= 0.6 is 0 Å². The first kappa shape index (κ1) is 41.0. The number of phenolic OH excluding ortho intramolecular Hbond substituents is 1. The van der Waals surface area contributed by atoms with Crippen molar-refractivity contribution in [3.05, 3.63) is 66.0 Å². The molecule has 8 rings (SSSR count). The highest BCUT2D eigenvalue weighted by Gasteiger charge is 2.34. The monoisotopic (exact) mass is 802 g/mol. The molecule has 0 saturated heterocycles. The number of aliphatic hydroxyl groups excluding tert-OH is 2. The highest BCUT2D eigenvalue weighted by molar-refractivity contribution is 6.38. The van der Waals surface area contributed by atoms with E-state index in [1.54, 1.807) is 0 Å². The van der Waals surface area contributed by atoms with Crippen LogP contribution in [-0.4, -0.2) is 47.2 Å². The Morgan fingerprint density at radius 1 is 0.797 bits per heavy atom. The van der Waals surface area contributed by atoms with Gasteiger partial charge in [-0.3, -0.25) is 19.2 Å². The summed E-state index contributed by atoms with van der Waals surface area (Å²) >= 11 is 0. The van der Waals surface area contributed by atoms with Gasteiger partial charge in [-0.1, -0.05) is 18.6 Å². The third kappa shape index (κ3) is 6.99. The maximum atomic E-state index is 15.5. The number of allylic oxidation sites excluding steroid dienone is 1. The summed E-state index contributed by atoms with van der Waals surface area (Å²) in [6, 6.07) is 3.21. The molecule has 0 spiro atoms. The van der Waals surface area contributed by atoms with E-state index in [1.165, 1.54) is 13.2 Å². The number of aliphatic hydroxyl groups is 2. The minimum Gasteiger partial charge on any atom is -0.504 e. The maximum absolute atomic E-state index is 15.5. The molecule has 5 aromatic carbocycles. The summed E-state index contributed by atoms with van der Waals surface area (Å²) in [4.78, 5) is 54.8. The Morgan fingerprint density at radius 2 is 1.44 bits per heavy atom. The smallest absolute Gasteiger partial charge is 0.223 e. The predicted octanol–water partition coefficient (Wildman–Crippen LogP) is 8.02. The fourth-order valence-electron chi connectivity index (χ4n) is 11.1. The molecule has 0 unspecified atom stereocenters. The number of carbonyl (C=O) groups excluding carboxylic acids is 2. The molecular weight excluding hydrogens is 745 g/mol. The van der Waals surface area contributed by atoms with Crippen molar-refractivity contribution < 1.29 is 29.6 Å². The first-order valence-corrected chi connectivity index (χ1v) is 21.9. The highest BCUT2D eigenvalue weighted by Crippen LogP contribution is 2.53. The first-order valence-electron chi connectivity index (χ1n) is 21.9. The minimum absolute atomic E-state index is 0.0152. The Morgan fingerprint density at radius 3 is 2.08 bits per heavy atom. The summed E-state index contributed by atoms with van der Waals surface area (Å²) < 4.78 is 5.91. The number of benzene rings is 5. The molecule has 10 nitrogen and oxygen atoms in total. The van der Waals surface area contributed by atoms with Gasteiger partial charge in [0, 0.05) is 58.9 Å². The molecule has 1 amide bonds. The molecular formula is C49H58N2O8. The van der Waals surface area contributed by atoms with E-state index in [1.807, 2.05) is 26.8 Å². The predicted molar refractivity (Wildman–Crippen MR) is 235 cm³/mol. The number of hydrogen-bond acceptors (Lipinski definition) is 9. The van der Waals surface area contributed by atoms with Crippen LogP contribution in [0.2, 0.25) is 0 Å². The number of amides is 1. The number of nitrogens with one attached hydrogen (secondary N) is 2. The minimum atomic E-state index is -0.456. The summed E-state index contributed by atoms with van der Waals surface area (Å²) in [6.45, 7) is 6.39. The van der Waals surface area contributed by atoms with Gasteiger partial charge in [0.25, 0.3) is 0 Å². The van der Waals surface area contributed by atoms with Crippen LogP contribution in [-0.2, 0) is 35.6 Å². The van der Waals surface area contributed by atoms with Crippen molar-refractivity contribution in [3.8, 4) is 11.5 Å². The van der Waals surface area contributed by atoms with Gasteiger partial charge in [-0.25, -0.2) is 0 Å². The number of ether oxygens (including phenoxy) is 1. The lowest BCUT2D eigenvalue weighted by atomic mass is 9.77. The lowest BCUT2D eigenvalue weighted by Gasteiger charge is -2.29. The van der Waals surface area contributed by atoms with Crippen LogP contribution in [0.1, 0.15) is 119 Å². The second kappa shape index (κ2) is 16.7. The number of carbonyl (C=O) groups is 2. The van der Waals surface area contributed by atoms with Crippen LogP contribution in [0, 0.1) is 23.7 Å². The van der Waals surface area contributed by atoms with Gasteiger partial charge in [0.15, 0.2) is 22.4 Å². The van der Waals surface area contributed by atoms with Gasteiger partial charge in [0.1, 0.15) is 5.78 Å². The van der Waals surface area contributed by atoms with Crippen LogP contribution in [0.4, 0.5) is 5.69 Å². The normalized spacial score (nSPS) is 20.7. The number of aromatic hydroxyl groups is 1. The zero-order valence-corrected chi connectivity index (χ0v) is 34.9. The topological polar surface area (TPSA) is 162 Å². The van der Waals surface area contributed by atoms with Crippen LogP contribution in [0.5, 0.6) is 11.5 Å². The van der Waals surface area contributed by atoms with Crippen LogP contribution < -0.4 is 26.2 Å². The third-order valence-electron chi connectivity index (χ3n) is 14.0. The number of anilines is 1. The molecule has 3 aliphatic carbocycles.